The third kappa shape index (κ3) is 3.62. The number of nitrogens with zero attached hydrogens (tertiary/aromatic N) is 1. The normalized spacial score (nSPS) is 29.5. The minimum atomic E-state index is -0.0257. The summed E-state index contributed by atoms with van der Waals surface area (Å²) in [4.78, 5) is 4.88. The molecule has 2 unspecified atom stereocenters. The Morgan fingerprint density at radius 1 is 1.41 bits per heavy atom. The van der Waals surface area contributed by atoms with Crippen LogP contribution in [0.3, 0.4) is 0 Å². The van der Waals surface area contributed by atoms with Crippen LogP contribution in [0.1, 0.15) is 39.5 Å². The molecule has 1 aliphatic heterocycles. The number of methoxy groups -OCH3 is 1. The fourth-order valence-corrected chi connectivity index (χ4v) is 4.00. The van der Waals surface area contributed by atoms with E-state index in [1.165, 1.54) is 31.4 Å². The van der Waals surface area contributed by atoms with E-state index < -0.39 is 0 Å². The molecule has 0 amide bonds. The fraction of sp³-hybridized carbons (Fsp3) is 0.923. The molecule has 1 heterocycles. The molecule has 0 spiro atoms. The van der Waals surface area contributed by atoms with Gasteiger partial charge in [-0.1, -0.05) is 24.6 Å². The van der Waals surface area contributed by atoms with Crippen LogP contribution in [0.5, 0.6) is 0 Å². The number of rotatable bonds is 3. The topological polar surface area (TPSA) is 33.6 Å². The van der Waals surface area contributed by atoms with Crippen molar-refractivity contribution >= 4 is 16.9 Å². The Bertz CT molecular complexity index is 291. The second-order valence-corrected chi connectivity index (χ2v) is 6.81. The predicted molar refractivity (Wildman–Crippen MR) is 74.7 cm³/mol. The van der Waals surface area contributed by atoms with Gasteiger partial charge in [0.2, 0.25) is 0 Å². The lowest BCUT2D eigenvalue weighted by molar-refractivity contribution is 0.140. The highest BCUT2D eigenvalue weighted by Gasteiger charge is 2.30. The van der Waals surface area contributed by atoms with Crippen molar-refractivity contribution in [2.24, 2.45) is 10.9 Å². The monoisotopic (exact) mass is 256 g/mol. The number of fused-ring (bicyclic) bond motifs is 1. The lowest BCUT2D eigenvalue weighted by Crippen LogP contribution is -2.47. The third-order valence-corrected chi connectivity index (χ3v) is 4.61. The summed E-state index contributed by atoms with van der Waals surface area (Å²) in [5, 5.41) is 4.64. The largest absolute Gasteiger partial charge is 0.382 e. The van der Waals surface area contributed by atoms with E-state index in [-0.39, 0.29) is 5.54 Å². The van der Waals surface area contributed by atoms with Crippen LogP contribution < -0.4 is 5.32 Å². The summed E-state index contributed by atoms with van der Waals surface area (Å²) >= 11 is 1.88. The molecule has 1 fully saturated rings. The molecule has 2 rings (SSSR count). The molecule has 0 bridgehead atoms. The van der Waals surface area contributed by atoms with Gasteiger partial charge in [-0.15, -0.1) is 0 Å². The van der Waals surface area contributed by atoms with E-state index in [1.54, 1.807) is 7.11 Å². The first-order valence-electron chi connectivity index (χ1n) is 6.58. The van der Waals surface area contributed by atoms with E-state index in [0.717, 1.165) is 11.1 Å². The van der Waals surface area contributed by atoms with Crippen molar-refractivity contribution < 1.29 is 4.74 Å². The lowest BCUT2D eigenvalue weighted by Gasteiger charge is -2.35. The Morgan fingerprint density at radius 2 is 2.18 bits per heavy atom. The summed E-state index contributed by atoms with van der Waals surface area (Å²) in [5.41, 5.74) is -0.0257. The van der Waals surface area contributed by atoms with Crippen LogP contribution in [0.4, 0.5) is 0 Å². The van der Waals surface area contributed by atoms with E-state index in [2.05, 4.69) is 19.2 Å². The van der Waals surface area contributed by atoms with Gasteiger partial charge >= 0.3 is 0 Å². The molecule has 2 aliphatic rings. The first-order chi connectivity index (χ1) is 8.11. The minimum absolute atomic E-state index is 0.0257. The summed E-state index contributed by atoms with van der Waals surface area (Å²) in [6.07, 6.45) is 5.40. The molecule has 0 aromatic heterocycles. The molecule has 0 aromatic rings. The zero-order chi connectivity index (χ0) is 12.3. The first kappa shape index (κ1) is 13.2. The summed E-state index contributed by atoms with van der Waals surface area (Å²) in [5.74, 6) is 2.06. The van der Waals surface area contributed by atoms with Crippen molar-refractivity contribution in [3.05, 3.63) is 0 Å². The Hall–Kier alpha value is -0.220. The maximum atomic E-state index is 5.23. The molecule has 17 heavy (non-hydrogen) atoms. The number of ether oxygens (including phenoxy) is 1. The summed E-state index contributed by atoms with van der Waals surface area (Å²) in [6.45, 7) is 5.03. The summed E-state index contributed by atoms with van der Waals surface area (Å²) < 4.78 is 5.23. The highest BCUT2D eigenvalue weighted by molar-refractivity contribution is 8.13. The highest BCUT2D eigenvalue weighted by Crippen LogP contribution is 2.33. The Labute approximate surface area is 109 Å². The number of hydrogen-bond acceptors (Lipinski definition) is 4. The average Bonchev–Trinajstić information content (AvgIpc) is 2.28. The molecule has 2 atom stereocenters. The Morgan fingerprint density at radius 3 is 2.94 bits per heavy atom. The molecule has 0 radical (unpaired) electrons. The molecular weight excluding hydrogens is 232 g/mol. The van der Waals surface area contributed by atoms with Crippen molar-refractivity contribution in [2.45, 2.75) is 51.1 Å². The molecule has 1 saturated carbocycles. The van der Waals surface area contributed by atoms with Crippen molar-refractivity contribution in [3.63, 3.8) is 0 Å². The van der Waals surface area contributed by atoms with Crippen molar-refractivity contribution in [1.29, 1.82) is 0 Å². The van der Waals surface area contributed by atoms with Gasteiger partial charge in [0.15, 0.2) is 5.17 Å². The van der Waals surface area contributed by atoms with E-state index in [0.29, 0.717) is 12.6 Å². The van der Waals surface area contributed by atoms with Crippen molar-refractivity contribution in [3.8, 4) is 0 Å². The van der Waals surface area contributed by atoms with Crippen LogP contribution >= 0.6 is 11.8 Å². The zero-order valence-corrected chi connectivity index (χ0v) is 12.0. The second kappa shape index (κ2) is 5.61. The lowest BCUT2D eigenvalue weighted by atomic mass is 9.86. The van der Waals surface area contributed by atoms with Crippen molar-refractivity contribution in [1.82, 2.24) is 5.32 Å². The first-order valence-corrected chi connectivity index (χ1v) is 7.57. The molecule has 3 nitrogen and oxygen atoms in total. The molecule has 98 valence electrons. The number of amidine groups is 1. The van der Waals surface area contributed by atoms with E-state index in [9.17, 15) is 0 Å². The standard InChI is InChI=1S/C13H24N2OS/c1-13(2,9-16-3)15-12-14-11-7-5-4-6-10(11)8-17-12/h10-11H,4-9H2,1-3H3,(H,14,15). The van der Waals surface area contributed by atoms with Gasteiger partial charge in [0.25, 0.3) is 0 Å². The van der Waals surface area contributed by atoms with Gasteiger partial charge in [0.1, 0.15) is 0 Å². The Kier molecular flexibility index (Phi) is 4.36. The minimum Gasteiger partial charge on any atom is -0.382 e. The van der Waals surface area contributed by atoms with Crippen LogP contribution in [0, 0.1) is 5.92 Å². The SMILES string of the molecule is COCC(C)(C)NC1=NC2CCCCC2CS1. The Balaban J connectivity index is 1.95. The number of aliphatic imine (C=N–C) groups is 1. The maximum Gasteiger partial charge on any atom is 0.157 e. The number of thioether (sulfide) groups is 1. The molecule has 1 aliphatic carbocycles. The molecular formula is C13H24N2OS. The van der Waals surface area contributed by atoms with Crippen LogP contribution in [-0.4, -0.2) is 36.2 Å². The summed E-state index contributed by atoms with van der Waals surface area (Å²) in [7, 11) is 1.75. The van der Waals surface area contributed by atoms with Crippen LogP contribution in [0.2, 0.25) is 0 Å². The fourth-order valence-electron chi connectivity index (χ4n) is 2.68. The van der Waals surface area contributed by atoms with Gasteiger partial charge in [0.05, 0.1) is 18.2 Å². The quantitative estimate of drug-likeness (QED) is 0.843. The summed E-state index contributed by atoms with van der Waals surface area (Å²) in [6, 6.07) is 0.575. The van der Waals surface area contributed by atoms with Gasteiger partial charge in [-0.25, -0.2) is 0 Å². The van der Waals surface area contributed by atoms with Crippen LogP contribution in [-0.2, 0) is 4.74 Å². The van der Waals surface area contributed by atoms with Gasteiger partial charge in [-0.3, -0.25) is 4.99 Å². The molecule has 0 saturated heterocycles. The number of nitrogens with one attached hydrogen (secondary N) is 1. The van der Waals surface area contributed by atoms with Crippen LogP contribution in [0.15, 0.2) is 4.99 Å². The van der Waals surface area contributed by atoms with Gasteiger partial charge in [-0.2, -0.15) is 0 Å². The smallest absolute Gasteiger partial charge is 0.157 e. The van der Waals surface area contributed by atoms with E-state index >= 15 is 0 Å². The van der Waals surface area contributed by atoms with Gasteiger partial charge in [0, 0.05) is 12.9 Å². The van der Waals surface area contributed by atoms with Crippen molar-refractivity contribution in [2.75, 3.05) is 19.5 Å². The third-order valence-electron chi connectivity index (χ3n) is 3.54. The molecule has 1 N–H and O–H groups in total. The molecule has 0 aromatic carbocycles. The van der Waals surface area contributed by atoms with E-state index in [4.69, 9.17) is 9.73 Å². The average molecular weight is 256 g/mol. The maximum absolute atomic E-state index is 5.23. The molecule has 4 heteroatoms. The number of hydrogen-bond donors (Lipinski definition) is 1. The zero-order valence-electron chi connectivity index (χ0n) is 11.2. The predicted octanol–water partition coefficient (Wildman–Crippen LogP) is 2.66. The van der Waals surface area contributed by atoms with E-state index in [1.807, 2.05) is 11.8 Å². The van der Waals surface area contributed by atoms with Crippen LogP contribution in [0.25, 0.3) is 0 Å². The highest BCUT2D eigenvalue weighted by atomic mass is 32.2. The van der Waals surface area contributed by atoms with Gasteiger partial charge in [-0.05, 0) is 32.6 Å². The second-order valence-electron chi connectivity index (χ2n) is 5.80. The van der Waals surface area contributed by atoms with Gasteiger partial charge < -0.3 is 10.1 Å².